The van der Waals surface area contributed by atoms with Crippen molar-refractivity contribution in [1.29, 1.82) is 0 Å². The van der Waals surface area contributed by atoms with Crippen LogP contribution in [0.1, 0.15) is 25.3 Å². The lowest BCUT2D eigenvalue weighted by Gasteiger charge is -2.43. The lowest BCUT2D eigenvalue weighted by Crippen LogP contribution is -2.55. The molecular formula is C15H20FN3S. The van der Waals surface area contributed by atoms with Crippen LogP contribution < -0.4 is 10.6 Å². The lowest BCUT2D eigenvalue weighted by molar-refractivity contribution is 0.203. The predicted molar refractivity (Wildman–Crippen MR) is 83.7 cm³/mol. The maximum atomic E-state index is 14.0. The minimum Gasteiger partial charge on any atom is -0.389 e. The fourth-order valence-corrected chi connectivity index (χ4v) is 3.60. The Bertz CT molecular complexity index is 534. The van der Waals surface area contributed by atoms with Gasteiger partial charge in [-0.15, -0.1) is 0 Å². The molecule has 2 fully saturated rings. The molecule has 0 bridgehead atoms. The third-order valence-electron chi connectivity index (χ3n) is 4.49. The van der Waals surface area contributed by atoms with Gasteiger partial charge in [-0.25, -0.2) is 4.39 Å². The number of rotatable bonds is 2. The van der Waals surface area contributed by atoms with E-state index in [1.807, 2.05) is 6.07 Å². The van der Waals surface area contributed by atoms with Crippen molar-refractivity contribution >= 4 is 22.9 Å². The van der Waals surface area contributed by atoms with Crippen molar-refractivity contribution in [3.8, 4) is 0 Å². The van der Waals surface area contributed by atoms with Crippen LogP contribution in [0.25, 0.3) is 0 Å². The van der Waals surface area contributed by atoms with Crippen LogP contribution in [0.2, 0.25) is 0 Å². The number of fused-ring (bicyclic) bond motifs is 1. The number of nitrogens with zero attached hydrogens (tertiary/aromatic N) is 2. The minimum absolute atomic E-state index is 0.114. The molecule has 0 radical (unpaired) electrons. The first kappa shape index (κ1) is 13.8. The van der Waals surface area contributed by atoms with Gasteiger partial charge >= 0.3 is 0 Å². The van der Waals surface area contributed by atoms with Crippen molar-refractivity contribution in [2.24, 2.45) is 5.73 Å². The summed E-state index contributed by atoms with van der Waals surface area (Å²) in [5.74, 6) is -0.323. The molecular weight excluding hydrogens is 273 g/mol. The highest BCUT2D eigenvalue weighted by Crippen LogP contribution is 2.29. The molecule has 2 atom stereocenters. The van der Waals surface area contributed by atoms with Gasteiger partial charge < -0.3 is 10.6 Å². The predicted octanol–water partition coefficient (Wildman–Crippen LogP) is 2.13. The summed E-state index contributed by atoms with van der Waals surface area (Å²) in [5.41, 5.74) is 6.77. The third kappa shape index (κ3) is 2.40. The fraction of sp³-hybridized carbons (Fsp3) is 0.533. The second-order valence-corrected chi connectivity index (χ2v) is 6.26. The fourth-order valence-electron chi connectivity index (χ4n) is 3.43. The Balaban J connectivity index is 1.85. The molecule has 2 saturated heterocycles. The number of halogens is 1. The second kappa shape index (κ2) is 5.30. The van der Waals surface area contributed by atoms with Crippen LogP contribution in [-0.2, 0) is 0 Å². The van der Waals surface area contributed by atoms with Crippen molar-refractivity contribution < 1.29 is 4.39 Å². The highest BCUT2D eigenvalue weighted by molar-refractivity contribution is 7.80. The van der Waals surface area contributed by atoms with Crippen LogP contribution in [0, 0.1) is 5.82 Å². The molecule has 0 aliphatic carbocycles. The van der Waals surface area contributed by atoms with Crippen molar-refractivity contribution in [1.82, 2.24) is 4.90 Å². The first-order valence-electron chi connectivity index (χ1n) is 7.16. The smallest absolute Gasteiger partial charge is 0.135 e. The van der Waals surface area contributed by atoms with E-state index in [0.29, 0.717) is 17.6 Å². The molecule has 1 aromatic rings. The Hall–Kier alpha value is -1.20. The highest BCUT2D eigenvalue weighted by Gasteiger charge is 2.34. The van der Waals surface area contributed by atoms with Gasteiger partial charge in [-0.1, -0.05) is 12.2 Å². The SMILES string of the molecule is CC1CN2CCCC2CN1c1ccc(C(N)=S)c(F)c1. The summed E-state index contributed by atoms with van der Waals surface area (Å²) in [7, 11) is 0. The van der Waals surface area contributed by atoms with Crippen molar-refractivity contribution in [2.45, 2.75) is 31.8 Å². The monoisotopic (exact) mass is 293 g/mol. The van der Waals surface area contributed by atoms with E-state index in [4.69, 9.17) is 18.0 Å². The topological polar surface area (TPSA) is 32.5 Å². The van der Waals surface area contributed by atoms with E-state index in [2.05, 4.69) is 16.7 Å². The Morgan fingerprint density at radius 1 is 1.40 bits per heavy atom. The van der Waals surface area contributed by atoms with E-state index >= 15 is 0 Å². The Labute approximate surface area is 124 Å². The molecule has 108 valence electrons. The summed E-state index contributed by atoms with van der Waals surface area (Å²) in [4.78, 5) is 4.97. The summed E-state index contributed by atoms with van der Waals surface area (Å²) >= 11 is 4.85. The zero-order chi connectivity index (χ0) is 14.3. The third-order valence-corrected chi connectivity index (χ3v) is 4.71. The molecule has 0 aromatic heterocycles. The molecule has 2 aliphatic rings. The zero-order valence-electron chi connectivity index (χ0n) is 11.7. The summed E-state index contributed by atoms with van der Waals surface area (Å²) in [5, 5.41) is 0. The maximum absolute atomic E-state index is 14.0. The number of hydrogen-bond acceptors (Lipinski definition) is 3. The van der Waals surface area contributed by atoms with Gasteiger partial charge in [0.1, 0.15) is 10.8 Å². The zero-order valence-corrected chi connectivity index (χ0v) is 12.5. The first-order valence-corrected chi connectivity index (χ1v) is 7.57. The molecule has 0 amide bonds. The van der Waals surface area contributed by atoms with Gasteiger partial charge in [0, 0.05) is 36.4 Å². The Morgan fingerprint density at radius 3 is 2.90 bits per heavy atom. The summed E-state index contributed by atoms with van der Waals surface area (Å²) in [6.07, 6.45) is 2.52. The number of thiocarbonyl (C=S) groups is 1. The molecule has 3 nitrogen and oxygen atoms in total. The number of piperazine rings is 1. The normalized spacial score (nSPS) is 26.6. The quantitative estimate of drug-likeness (QED) is 0.847. The molecule has 2 heterocycles. The van der Waals surface area contributed by atoms with Gasteiger partial charge in [-0.3, -0.25) is 4.90 Å². The van der Waals surface area contributed by atoms with Crippen molar-refractivity contribution in [2.75, 3.05) is 24.5 Å². The van der Waals surface area contributed by atoms with Crippen LogP contribution in [0.4, 0.5) is 10.1 Å². The molecule has 0 spiro atoms. The van der Waals surface area contributed by atoms with Crippen molar-refractivity contribution in [3.05, 3.63) is 29.6 Å². The molecule has 2 unspecified atom stereocenters. The van der Waals surface area contributed by atoms with E-state index in [9.17, 15) is 4.39 Å². The second-order valence-electron chi connectivity index (χ2n) is 5.82. The van der Waals surface area contributed by atoms with Crippen LogP contribution in [0.15, 0.2) is 18.2 Å². The van der Waals surface area contributed by atoms with E-state index in [-0.39, 0.29) is 10.8 Å². The molecule has 0 saturated carbocycles. The Morgan fingerprint density at radius 2 is 2.20 bits per heavy atom. The number of benzene rings is 1. The van der Waals surface area contributed by atoms with Gasteiger partial charge in [0.25, 0.3) is 0 Å². The maximum Gasteiger partial charge on any atom is 0.135 e. The van der Waals surface area contributed by atoms with Crippen molar-refractivity contribution in [3.63, 3.8) is 0 Å². The average molecular weight is 293 g/mol. The standard InChI is InChI=1S/C15H20FN3S/c1-10-8-18-6-2-3-12(18)9-19(10)11-4-5-13(15(17)20)14(16)7-11/h4-5,7,10,12H,2-3,6,8-9H2,1H3,(H2,17,20). The Kier molecular flexibility index (Phi) is 3.65. The molecule has 2 N–H and O–H groups in total. The van der Waals surface area contributed by atoms with Crippen LogP contribution >= 0.6 is 12.2 Å². The summed E-state index contributed by atoms with van der Waals surface area (Å²) in [6, 6.07) is 6.21. The lowest BCUT2D eigenvalue weighted by atomic mass is 10.1. The molecule has 1 aromatic carbocycles. The average Bonchev–Trinajstić information content (AvgIpc) is 2.84. The van der Waals surface area contributed by atoms with Gasteiger partial charge in [-0.05, 0) is 44.5 Å². The van der Waals surface area contributed by atoms with Crippen LogP contribution in [-0.4, -0.2) is 41.6 Å². The van der Waals surface area contributed by atoms with Crippen LogP contribution in [0.5, 0.6) is 0 Å². The van der Waals surface area contributed by atoms with E-state index < -0.39 is 0 Å². The first-order chi connectivity index (χ1) is 9.56. The molecule has 20 heavy (non-hydrogen) atoms. The molecule has 3 rings (SSSR count). The highest BCUT2D eigenvalue weighted by atomic mass is 32.1. The van der Waals surface area contributed by atoms with Crippen LogP contribution in [0.3, 0.4) is 0 Å². The van der Waals surface area contributed by atoms with E-state index in [1.165, 1.54) is 19.4 Å². The van der Waals surface area contributed by atoms with E-state index in [0.717, 1.165) is 18.8 Å². The molecule has 2 aliphatic heterocycles. The summed E-state index contributed by atoms with van der Waals surface area (Å²) < 4.78 is 14.0. The van der Waals surface area contributed by atoms with Gasteiger partial charge in [0.15, 0.2) is 0 Å². The molecule has 5 heteroatoms. The largest absolute Gasteiger partial charge is 0.389 e. The van der Waals surface area contributed by atoms with Gasteiger partial charge in [0.2, 0.25) is 0 Å². The minimum atomic E-state index is -0.323. The summed E-state index contributed by atoms with van der Waals surface area (Å²) in [6.45, 7) is 5.45. The number of hydrogen-bond donors (Lipinski definition) is 1. The number of anilines is 1. The van der Waals surface area contributed by atoms with Gasteiger partial charge in [-0.2, -0.15) is 0 Å². The number of nitrogens with two attached hydrogens (primary N) is 1. The van der Waals surface area contributed by atoms with E-state index in [1.54, 1.807) is 12.1 Å². The van der Waals surface area contributed by atoms with Gasteiger partial charge in [0.05, 0.1) is 0 Å².